The van der Waals surface area contributed by atoms with Crippen LogP contribution in [0.2, 0.25) is 0 Å². The highest BCUT2D eigenvalue weighted by Gasteiger charge is 2.30. The van der Waals surface area contributed by atoms with E-state index in [0.29, 0.717) is 5.56 Å². The number of ether oxygens (including phenoxy) is 2. The van der Waals surface area contributed by atoms with Crippen molar-refractivity contribution in [3.63, 3.8) is 0 Å². The second-order valence-electron chi connectivity index (χ2n) is 8.92. The first-order chi connectivity index (χ1) is 19.9. The van der Waals surface area contributed by atoms with Crippen LogP contribution < -0.4 is 10.7 Å². The Hall–Kier alpha value is -5.86. The molecule has 3 aromatic rings. The van der Waals surface area contributed by atoms with E-state index in [1.807, 2.05) is 0 Å². The van der Waals surface area contributed by atoms with Crippen LogP contribution in [0.1, 0.15) is 44.7 Å². The van der Waals surface area contributed by atoms with Gasteiger partial charge in [0.2, 0.25) is 5.43 Å². The number of nitrogens with one attached hydrogen (secondary N) is 1. The molecule has 2 aromatic carbocycles. The van der Waals surface area contributed by atoms with Gasteiger partial charge < -0.3 is 44.7 Å². The first-order valence-electron chi connectivity index (χ1n) is 12.0. The summed E-state index contributed by atoms with van der Waals surface area (Å²) in [6.45, 7) is -1.06. The molecule has 1 amide bonds. The highest BCUT2D eigenvalue weighted by molar-refractivity contribution is 6.30. The average molecular weight is 583 g/mol. The number of hydrogen-bond acceptors (Lipinski definition) is 13. The van der Waals surface area contributed by atoms with Crippen LogP contribution in [0, 0.1) is 0 Å². The molecule has 1 heterocycles. The molecule has 0 bridgehead atoms. The van der Waals surface area contributed by atoms with Crippen LogP contribution in [0.15, 0.2) is 39.7 Å². The second-order valence-corrected chi connectivity index (χ2v) is 8.92. The van der Waals surface area contributed by atoms with Crippen molar-refractivity contribution in [2.45, 2.75) is 25.5 Å². The van der Waals surface area contributed by atoms with Gasteiger partial charge >= 0.3 is 11.9 Å². The lowest BCUT2D eigenvalue weighted by Crippen LogP contribution is -2.39. The van der Waals surface area contributed by atoms with E-state index in [1.165, 1.54) is 12.1 Å². The first kappa shape index (κ1) is 29.1. The SMILES string of the molecule is O=CO[C@H](CCC(=O)O)NC(=O)COC(=O)c1c(O)c(O)cc2occ(C3=CCc4cc(O)c(O)cc4C3=O)c(=O)c12. The summed E-state index contributed by atoms with van der Waals surface area (Å²) < 4.78 is 14.8. The minimum atomic E-state index is -1.46. The predicted molar refractivity (Wildman–Crippen MR) is 138 cm³/mol. The van der Waals surface area contributed by atoms with E-state index < -0.39 is 82.3 Å². The maximum Gasteiger partial charge on any atom is 0.343 e. The van der Waals surface area contributed by atoms with Gasteiger partial charge in [0, 0.05) is 23.6 Å². The molecular weight excluding hydrogens is 562 g/mol. The molecule has 15 heteroatoms. The largest absolute Gasteiger partial charge is 0.504 e. The van der Waals surface area contributed by atoms with Crippen LogP contribution in [0.5, 0.6) is 23.0 Å². The van der Waals surface area contributed by atoms with Crippen LogP contribution in [0.3, 0.4) is 0 Å². The number of esters is 1. The number of rotatable bonds is 10. The summed E-state index contributed by atoms with van der Waals surface area (Å²) >= 11 is 0. The zero-order chi connectivity index (χ0) is 30.7. The van der Waals surface area contributed by atoms with Crippen LogP contribution in [-0.2, 0) is 30.3 Å². The third-order valence-corrected chi connectivity index (χ3v) is 6.23. The van der Waals surface area contributed by atoms with Gasteiger partial charge in [0.15, 0.2) is 41.6 Å². The number of aromatic hydroxyl groups is 4. The van der Waals surface area contributed by atoms with Crippen molar-refractivity contribution in [2.75, 3.05) is 6.61 Å². The number of phenolic OH excluding ortho intramolecular Hbond substituents is 4. The molecule has 1 atom stereocenters. The molecule has 1 aromatic heterocycles. The van der Waals surface area contributed by atoms with E-state index in [0.717, 1.165) is 18.4 Å². The zero-order valence-electron chi connectivity index (χ0n) is 21.3. The fraction of sp³-hybridized carbons (Fsp3) is 0.185. The lowest BCUT2D eigenvalue weighted by molar-refractivity contribution is -0.144. The van der Waals surface area contributed by atoms with Crippen molar-refractivity contribution in [1.82, 2.24) is 5.32 Å². The summed E-state index contributed by atoms with van der Waals surface area (Å²) in [5.74, 6) is -7.40. The van der Waals surface area contributed by atoms with E-state index in [1.54, 1.807) is 0 Å². The van der Waals surface area contributed by atoms with Gasteiger partial charge in [0.25, 0.3) is 12.4 Å². The number of Topliss-reactive ketones (excluding diaryl/α,β-unsaturated/α-hetero) is 1. The molecule has 6 N–H and O–H groups in total. The van der Waals surface area contributed by atoms with Crippen molar-refractivity contribution in [3.8, 4) is 23.0 Å². The number of benzene rings is 2. The van der Waals surface area contributed by atoms with Gasteiger partial charge in [-0.3, -0.25) is 24.0 Å². The third kappa shape index (κ3) is 5.70. The standard InChI is InChI=1S/C27H21NO14/c29-10-42-20(3-4-21(34)35)28-19(33)9-41-27(39)23-22-18(7-17(32)26(23)38)40-8-14(25(22)37)12-2-1-11-5-15(30)16(31)6-13(11)24(12)36/h2,5-8,10,20,30-32,38H,1,3-4,9H2,(H,28,33)(H,34,35)/t20-/m1/s1. The van der Waals surface area contributed by atoms with E-state index in [2.05, 4.69) is 10.1 Å². The number of phenols is 4. The van der Waals surface area contributed by atoms with Crippen LogP contribution in [0.4, 0.5) is 0 Å². The summed E-state index contributed by atoms with van der Waals surface area (Å²) in [6.07, 6.45) is 0.233. The number of carbonyl (C=O) groups is 5. The molecule has 0 aliphatic heterocycles. The lowest BCUT2D eigenvalue weighted by Gasteiger charge is -2.17. The maximum absolute atomic E-state index is 13.6. The van der Waals surface area contributed by atoms with E-state index in [9.17, 15) is 49.2 Å². The Morgan fingerprint density at radius 1 is 1.02 bits per heavy atom. The Bertz CT molecular complexity index is 1740. The molecule has 0 saturated heterocycles. The van der Waals surface area contributed by atoms with Gasteiger partial charge in [-0.2, -0.15) is 0 Å². The Morgan fingerprint density at radius 2 is 1.74 bits per heavy atom. The molecule has 0 saturated carbocycles. The topological polar surface area (TPSA) is 247 Å². The van der Waals surface area contributed by atoms with Gasteiger partial charge in [0.1, 0.15) is 17.4 Å². The maximum atomic E-state index is 13.6. The van der Waals surface area contributed by atoms with E-state index in [-0.39, 0.29) is 41.6 Å². The summed E-state index contributed by atoms with van der Waals surface area (Å²) in [5.41, 5.74) is -2.38. The monoisotopic (exact) mass is 583 g/mol. The molecule has 15 nitrogen and oxygen atoms in total. The fourth-order valence-electron chi connectivity index (χ4n) is 4.25. The molecule has 1 aliphatic carbocycles. The Morgan fingerprint density at radius 3 is 2.43 bits per heavy atom. The van der Waals surface area contributed by atoms with Crippen molar-refractivity contribution in [1.29, 1.82) is 0 Å². The number of aliphatic carboxylic acids is 1. The van der Waals surface area contributed by atoms with E-state index in [4.69, 9.17) is 14.3 Å². The summed E-state index contributed by atoms with van der Waals surface area (Å²) in [4.78, 5) is 73.3. The predicted octanol–water partition coefficient (Wildman–Crippen LogP) is 1.07. The highest BCUT2D eigenvalue weighted by Crippen LogP contribution is 2.37. The highest BCUT2D eigenvalue weighted by atomic mass is 16.5. The molecule has 42 heavy (non-hydrogen) atoms. The molecular formula is C27H21NO14. The number of allylic oxidation sites excluding steroid dienone is 2. The third-order valence-electron chi connectivity index (χ3n) is 6.23. The minimum absolute atomic E-state index is 0.00159. The lowest BCUT2D eigenvalue weighted by atomic mass is 9.86. The van der Waals surface area contributed by atoms with Crippen molar-refractivity contribution in [3.05, 3.63) is 63.0 Å². The normalized spacial score (nSPS) is 13.0. The van der Waals surface area contributed by atoms with Crippen LogP contribution >= 0.6 is 0 Å². The quantitative estimate of drug-likeness (QED) is 0.0846. The molecule has 1 aliphatic rings. The van der Waals surface area contributed by atoms with Gasteiger partial charge in [-0.15, -0.1) is 0 Å². The van der Waals surface area contributed by atoms with Gasteiger partial charge in [-0.1, -0.05) is 6.08 Å². The molecule has 0 radical (unpaired) electrons. The van der Waals surface area contributed by atoms with Crippen molar-refractivity contribution >= 4 is 46.6 Å². The van der Waals surface area contributed by atoms with E-state index >= 15 is 0 Å². The second kappa shape index (κ2) is 11.7. The number of carbonyl (C=O) groups excluding carboxylic acids is 4. The summed E-state index contributed by atoms with van der Waals surface area (Å²) in [6, 6.07) is 3.08. The Labute approximate surface area is 233 Å². The average Bonchev–Trinajstić information content (AvgIpc) is 2.93. The molecule has 0 fully saturated rings. The smallest absolute Gasteiger partial charge is 0.343 e. The van der Waals surface area contributed by atoms with Crippen molar-refractivity contribution in [2.24, 2.45) is 0 Å². The first-order valence-corrected chi connectivity index (χ1v) is 12.0. The minimum Gasteiger partial charge on any atom is -0.504 e. The number of amides is 1. The van der Waals surface area contributed by atoms with Crippen molar-refractivity contribution < 1.29 is 63.4 Å². The number of fused-ring (bicyclic) bond motifs is 2. The molecule has 4 rings (SSSR count). The number of ketones is 1. The summed E-state index contributed by atoms with van der Waals surface area (Å²) in [5, 5.41) is 50.4. The fourth-order valence-corrected chi connectivity index (χ4v) is 4.25. The molecule has 0 spiro atoms. The summed E-state index contributed by atoms with van der Waals surface area (Å²) in [7, 11) is 0. The van der Waals surface area contributed by atoms with Gasteiger partial charge in [-0.25, -0.2) is 4.79 Å². The Kier molecular flexibility index (Phi) is 8.12. The molecule has 0 unspecified atom stereocenters. The zero-order valence-corrected chi connectivity index (χ0v) is 21.3. The Balaban J connectivity index is 1.65. The number of carboxylic acid groups (broad SMARTS) is 1. The van der Waals surface area contributed by atoms with Gasteiger partial charge in [-0.05, 0) is 24.1 Å². The number of hydrogen-bond donors (Lipinski definition) is 6. The number of carboxylic acids is 1. The van der Waals surface area contributed by atoms with Gasteiger partial charge in [0.05, 0.1) is 17.4 Å². The van der Waals surface area contributed by atoms with Crippen LogP contribution in [-0.4, -0.2) is 68.5 Å². The van der Waals surface area contributed by atoms with Crippen LogP contribution in [0.25, 0.3) is 16.5 Å². The molecule has 218 valence electrons.